The molecule has 0 radical (unpaired) electrons. The van der Waals surface area contributed by atoms with Crippen LogP contribution in [0.25, 0.3) is 11.0 Å². The Bertz CT molecular complexity index is 1410. The number of H-pyrrole nitrogens is 1. The fourth-order valence-electron chi connectivity index (χ4n) is 4.74. The summed E-state index contributed by atoms with van der Waals surface area (Å²) >= 11 is 0. The number of halogens is 1. The highest BCUT2D eigenvalue weighted by molar-refractivity contribution is 6.01. The molecule has 10 nitrogen and oxygen atoms in total. The maximum atomic E-state index is 14.9. The second-order valence-electron chi connectivity index (χ2n) is 8.76. The molecule has 0 bridgehead atoms. The Labute approximate surface area is 214 Å². The van der Waals surface area contributed by atoms with Gasteiger partial charge in [-0.15, -0.1) is 0 Å². The lowest BCUT2D eigenvalue weighted by Crippen LogP contribution is -2.39. The van der Waals surface area contributed by atoms with Gasteiger partial charge in [0.05, 0.1) is 29.2 Å². The van der Waals surface area contributed by atoms with Crippen LogP contribution in [-0.4, -0.2) is 75.9 Å². The van der Waals surface area contributed by atoms with Crippen molar-refractivity contribution in [2.45, 2.75) is 38.9 Å². The van der Waals surface area contributed by atoms with Gasteiger partial charge >= 0.3 is 0 Å². The maximum absolute atomic E-state index is 14.9. The van der Waals surface area contributed by atoms with E-state index in [1.807, 2.05) is 18.4 Å². The molecule has 2 aromatic heterocycles. The summed E-state index contributed by atoms with van der Waals surface area (Å²) in [5.74, 6) is 5.66. The highest BCUT2D eigenvalue weighted by atomic mass is 19.1. The smallest absolute Gasteiger partial charge is 0.258 e. The molecule has 4 rings (SSSR count). The van der Waals surface area contributed by atoms with Crippen molar-refractivity contribution in [3.63, 3.8) is 0 Å². The number of aromatic amines is 1. The first-order chi connectivity index (χ1) is 17.8. The summed E-state index contributed by atoms with van der Waals surface area (Å²) in [5.41, 5.74) is 1.96. The quantitative estimate of drug-likeness (QED) is 0.334. The van der Waals surface area contributed by atoms with E-state index in [0.29, 0.717) is 43.0 Å². The molecule has 11 heteroatoms. The Balaban J connectivity index is 1.60. The highest BCUT2D eigenvalue weighted by Gasteiger charge is 2.35. The molecule has 3 heterocycles. The minimum Gasteiger partial charge on any atom is -0.383 e. The minimum atomic E-state index is -0.476. The summed E-state index contributed by atoms with van der Waals surface area (Å²) in [6.45, 7) is 8.75. The van der Waals surface area contributed by atoms with E-state index in [1.165, 1.54) is 12.1 Å². The number of imidazole rings is 1. The lowest BCUT2D eigenvalue weighted by atomic mass is 10.1. The number of ether oxygens (including phenoxy) is 1. The van der Waals surface area contributed by atoms with E-state index >= 15 is 0 Å². The molecule has 2 atom stereocenters. The number of likely N-dealkylation sites (tertiary alicyclic amines) is 1. The number of hydrogen-bond acceptors (Lipinski definition) is 6. The Morgan fingerprint density at radius 1 is 1.38 bits per heavy atom. The number of carbonyl (C=O) groups is 2. The van der Waals surface area contributed by atoms with E-state index in [-0.39, 0.29) is 34.8 Å². The van der Waals surface area contributed by atoms with Gasteiger partial charge in [-0.05, 0) is 38.3 Å². The van der Waals surface area contributed by atoms with Crippen molar-refractivity contribution in [2.75, 3.05) is 32.6 Å². The molecule has 2 amide bonds. The van der Waals surface area contributed by atoms with Gasteiger partial charge in [0, 0.05) is 39.4 Å². The van der Waals surface area contributed by atoms with Crippen LogP contribution in [0.4, 0.5) is 10.2 Å². The normalized spacial score (nSPS) is 16.9. The van der Waals surface area contributed by atoms with Gasteiger partial charge in [0.15, 0.2) is 5.82 Å². The van der Waals surface area contributed by atoms with Gasteiger partial charge in [0.25, 0.3) is 5.91 Å². The van der Waals surface area contributed by atoms with E-state index in [0.717, 1.165) is 5.82 Å². The van der Waals surface area contributed by atoms with Crippen molar-refractivity contribution in [1.82, 2.24) is 30.0 Å². The maximum Gasteiger partial charge on any atom is 0.258 e. The molecular weight excluding hydrogens is 477 g/mol. The third-order valence-electron chi connectivity index (χ3n) is 6.46. The molecular formula is C26H30FN7O3. The molecule has 0 saturated carbocycles. The zero-order chi connectivity index (χ0) is 26.7. The van der Waals surface area contributed by atoms with Crippen molar-refractivity contribution < 1.29 is 18.7 Å². The molecule has 3 N–H and O–H groups in total. The molecule has 1 aliphatic heterocycles. The number of aryl methyl sites for hydroxylation is 2. The lowest BCUT2D eigenvalue weighted by molar-refractivity contribution is -0.127. The first-order valence-corrected chi connectivity index (χ1v) is 12.0. The number of carbonyl (C=O) groups excluding carboxylic acids is 2. The van der Waals surface area contributed by atoms with Crippen molar-refractivity contribution in [3.05, 3.63) is 53.3 Å². The summed E-state index contributed by atoms with van der Waals surface area (Å²) < 4.78 is 22.0. The summed E-state index contributed by atoms with van der Waals surface area (Å²) in [6.07, 6.45) is 1.78. The summed E-state index contributed by atoms with van der Waals surface area (Å²) in [4.78, 5) is 31.7. The van der Waals surface area contributed by atoms with E-state index in [4.69, 9.17) is 4.74 Å². The number of amides is 2. The van der Waals surface area contributed by atoms with Crippen LogP contribution in [0.1, 0.15) is 40.8 Å². The number of methoxy groups -OCH3 is 1. The monoisotopic (exact) mass is 507 g/mol. The lowest BCUT2D eigenvalue weighted by Gasteiger charge is -2.22. The standard InChI is InChI=1S/C26H30FN7O3/c1-6-23(35)34-13-17(11-18(34)14-37-5)30-26(36)24-20(31-32-25(24)28-4)9-8-16-10-21-22(12-19(16)27)33(7-2)15(3)29-21/h6,10,12,17-18H,1,7,11,13-14H2,2-5H3,(H,30,36)(H2,28,31,32)/t17-,18+/m0/s1. The third kappa shape index (κ3) is 5.06. The summed E-state index contributed by atoms with van der Waals surface area (Å²) in [6, 6.07) is 2.56. The number of aromatic nitrogens is 4. The zero-order valence-electron chi connectivity index (χ0n) is 21.3. The van der Waals surface area contributed by atoms with Crippen LogP contribution >= 0.6 is 0 Å². The number of anilines is 1. The van der Waals surface area contributed by atoms with E-state index in [1.54, 1.807) is 25.1 Å². The van der Waals surface area contributed by atoms with E-state index < -0.39 is 11.7 Å². The van der Waals surface area contributed by atoms with Crippen molar-refractivity contribution in [3.8, 4) is 11.8 Å². The van der Waals surface area contributed by atoms with Crippen molar-refractivity contribution in [2.24, 2.45) is 0 Å². The number of nitrogens with one attached hydrogen (secondary N) is 3. The van der Waals surface area contributed by atoms with Gasteiger partial charge in [-0.1, -0.05) is 12.5 Å². The average molecular weight is 508 g/mol. The number of hydrogen-bond donors (Lipinski definition) is 3. The molecule has 1 saturated heterocycles. The van der Waals surface area contributed by atoms with E-state index in [9.17, 15) is 14.0 Å². The molecule has 37 heavy (non-hydrogen) atoms. The second-order valence-corrected chi connectivity index (χ2v) is 8.76. The first kappa shape index (κ1) is 25.9. The molecule has 194 valence electrons. The van der Waals surface area contributed by atoms with E-state index in [2.05, 4.69) is 44.2 Å². The topological polar surface area (TPSA) is 117 Å². The van der Waals surface area contributed by atoms with Crippen LogP contribution in [0, 0.1) is 24.6 Å². The van der Waals surface area contributed by atoms with Crippen LogP contribution in [0.5, 0.6) is 0 Å². The van der Waals surface area contributed by atoms with Crippen molar-refractivity contribution >= 4 is 28.7 Å². The predicted molar refractivity (Wildman–Crippen MR) is 138 cm³/mol. The largest absolute Gasteiger partial charge is 0.383 e. The van der Waals surface area contributed by atoms with Gasteiger partial charge in [-0.3, -0.25) is 14.7 Å². The highest BCUT2D eigenvalue weighted by Crippen LogP contribution is 2.23. The van der Waals surface area contributed by atoms with Gasteiger partial charge in [0.1, 0.15) is 22.9 Å². The van der Waals surface area contributed by atoms with Gasteiger partial charge in [-0.25, -0.2) is 9.37 Å². The molecule has 0 spiro atoms. The Kier molecular flexibility index (Phi) is 7.59. The third-order valence-corrected chi connectivity index (χ3v) is 6.46. The fraction of sp³-hybridized carbons (Fsp3) is 0.385. The second kappa shape index (κ2) is 10.8. The van der Waals surface area contributed by atoms with Crippen LogP contribution in [0.15, 0.2) is 24.8 Å². The van der Waals surface area contributed by atoms with Crippen LogP contribution in [0.3, 0.4) is 0 Å². The van der Waals surface area contributed by atoms with Gasteiger partial charge < -0.3 is 24.8 Å². The first-order valence-electron chi connectivity index (χ1n) is 12.0. The molecule has 0 aliphatic carbocycles. The molecule has 0 unspecified atom stereocenters. The summed E-state index contributed by atoms with van der Waals surface area (Å²) in [5, 5.41) is 12.7. The molecule has 1 aromatic carbocycles. The molecule has 1 fully saturated rings. The minimum absolute atomic E-state index is 0.164. The number of rotatable bonds is 7. The number of fused-ring (bicyclic) bond motifs is 1. The number of nitrogens with zero attached hydrogens (tertiary/aromatic N) is 4. The summed E-state index contributed by atoms with van der Waals surface area (Å²) in [7, 11) is 3.20. The van der Waals surface area contributed by atoms with Crippen LogP contribution in [0.2, 0.25) is 0 Å². The SMILES string of the molecule is C=CC(=O)N1C[C@@H](NC(=O)c2c(NC)n[nH]c2C#Cc2cc3nc(C)n(CC)c3cc2F)C[C@@H]1COC. The van der Waals surface area contributed by atoms with Gasteiger partial charge in [0.2, 0.25) is 5.91 Å². The Morgan fingerprint density at radius 2 is 2.16 bits per heavy atom. The van der Waals surface area contributed by atoms with Crippen molar-refractivity contribution in [1.29, 1.82) is 0 Å². The fourth-order valence-corrected chi connectivity index (χ4v) is 4.74. The Hall–Kier alpha value is -4.17. The zero-order valence-corrected chi connectivity index (χ0v) is 21.3. The predicted octanol–water partition coefficient (Wildman–Crippen LogP) is 2.20. The van der Waals surface area contributed by atoms with Crippen LogP contribution in [-0.2, 0) is 16.1 Å². The number of benzene rings is 1. The van der Waals surface area contributed by atoms with Gasteiger partial charge in [-0.2, -0.15) is 5.10 Å². The van der Waals surface area contributed by atoms with Crippen LogP contribution < -0.4 is 10.6 Å². The molecule has 1 aliphatic rings. The Morgan fingerprint density at radius 3 is 2.84 bits per heavy atom. The average Bonchev–Trinajstić information content (AvgIpc) is 3.56. The molecule has 3 aromatic rings.